The third kappa shape index (κ3) is 4.12. The molecule has 4 rings (SSSR count). The molecule has 0 bridgehead atoms. The van der Waals surface area contributed by atoms with E-state index in [-0.39, 0.29) is 23.3 Å². The van der Waals surface area contributed by atoms with Gasteiger partial charge in [-0.1, -0.05) is 0 Å². The van der Waals surface area contributed by atoms with Gasteiger partial charge in [-0.3, -0.25) is 9.59 Å². The normalized spacial score (nSPS) is 19.9. The Hall–Kier alpha value is -2.30. The largest absolute Gasteiger partial charge is 0.312 e. The molecule has 0 spiro atoms. The highest BCUT2D eigenvalue weighted by atomic mass is 32.2. The smallest absolute Gasteiger partial charge is 0.243 e. The SMILES string of the molecule is CC(=O)N1CCCc2cc(S(=O)(=O)N3CCCC(C(=O)Nc4nccs4)C3)ccc21. The number of hydrogen-bond acceptors (Lipinski definition) is 6. The monoisotopic (exact) mass is 448 g/mol. The van der Waals surface area contributed by atoms with Gasteiger partial charge in [0, 0.05) is 43.8 Å². The zero-order valence-corrected chi connectivity index (χ0v) is 18.3. The van der Waals surface area contributed by atoms with Crippen LogP contribution >= 0.6 is 11.3 Å². The number of aromatic nitrogens is 1. The molecule has 1 aromatic heterocycles. The second kappa shape index (κ2) is 8.44. The minimum absolute atomic E-state index is 0.0447. The van der Waals surface area contributed by atoms with Gasteiger partial charge in [0.1, 0.15) is 0 Å². The van der Waals surface area contributed by atoms with Gasteiger partial charge in [0.05, 0.1) is 10.8 Å². The molecule has 1 aromatic carbocycles. The van der Waals surface area contributed by atoms with Crippen molar-refractivity contribution in [2.45, 2.75) is 37.5 Å². The van der Waals surface area contributed by atoms with Crippen LogP contribution in [0.2, 0.25) is 0 Å². The molecular formula is C20H24N4O4S2. The summed E-state index contributed by atoms with van der Waals surface area (Å²) in [5, 5.41) is 5.06. The molecule has 160 valence electrons. The maximum absolute atomic E-state index is 13.3. The van der Waals surface area contributed by atoms with Crippen molar-refractivity contribution in [1.82, 2.24) is 9.29 Å². The molecule has 2 amide bonds. The molecule has 8 nitrogen and oxygen atoms in total. The van der Waals surface area contributed by atoms with Crippen LogP contribution in [0.1, 0.15) is 31.7 Å². The number of aryl methyl sites for hydroxylation is 1. The first-order chi connectivity index (χ1) is 14.4. The molecule has 1 unspecified atom stereocenters. The van der Waals surface area contributed by atoms with Crippen molar-refractivity contribution < 1.29 is 18.0 Å². The van der Waals surface area contributed by atoms with E-state index in [0.717, 1.165) is 24.1 Å². The number of carbonyl (C=O) groups excluding carboxylic acids is 2. The number of thiazole rings is 1. The number of fused-ring (bicyclic) bond motifs is 1. The van der Waals surface area contributed by atoms with E-state index in [1.165, 1.54) is 22.6 Å². The fourth-order valence-electron chi connectivity index (χ4n) is 4.08. The van der Waals surface area contributed by atoms with E-state index in [9.17, 15) is 18.0 Å². The van der Waals surface area contributed by atoms with Crippen molar-refractivity contribution in [3.05, 3.63) is 35.3 Å². The summed E-state index contributed by atoms with van der Waals surface area (Å²) >= 11 is 1.33. The van der Waals surface area contributed by atoms with Crippen molar-refractivity contribution in [2.75, 3.05) is 29.9 Å². The zero-order valence-electron chi connectivity index (χ0n) is 16.7. The number of sulfonamides is 1. The number of hydrogen-bond donors (Lipinski definition) is 1. The lowest BCUT2D eigenvalue weighted by Gasteiger charge is -2.32. The molecule has 1 fully saturated rings. The summed E-state index contributed by atoms with van der Waals surface area (Å²) in [7, 11) is -3.72. The summed E-state index contributed by atoms with van der Waals surface area (Å²) in [5.41, 5.74) is 1.65. The molecule has 2 aliphatic heterocycles. The van der Waals surface area contributed by atoms with Crippen LogP contribution in [0, 0.1) is 5.92 Å². The first-order valence-corrected chi connectivity index (χ1v) is 12.3. The van der Waals surface area contributed by atoms with Crippen LogP contribution in [0.15, 0.2) is 34.7 Å². The number of benzene rings is 1. The van der Waals surface area contributed by atoms with E-state index in [4.69, 9.17) is 0 Å². The molecule has 2 aromatic rings. The van der Waals surface area contributed by atoms with Crippen molar-refractivity contribution in [3.63, 3.8) is 0 Å². The molecule has 3 heterocycles. The standard InChI is InChI=1S/C20H24N4O4S2/c1-14(25)24-10-3-4-15-12-17(6-7-18(15)24)30(27,28)23-9-2-5-16(13-23)19(26)22-20-21-8-11-29-20/h6-8,11-12,16H,2-5,9-10,13H2,1H3,(H,21,22,26). The van der Waals surface area contributed by atoms with Gasteiger partial charge in [0.2, 0.25) is 21.8 Å². The molecular weight excluding hydrogens is 424 g/mol. The van der Waals surface area contributed by atoms with E-state index >= 15 is 0 Å². The maximum Gasteiger partial charge on any atom is 0.243 e. The molecule has 0 radical (unpaired) electrons. The van der Waals surface area contributed by atoms with E-state index in [1.807, 2.05) is 0 Å². The molecule has 0 aliphatic carbocycles. The van der Waals surface area contributed by atoms with E-state index in [1.54, 1.807) is 34.7 Å². The number of anilines is 2. The average molecular weight is 449 g/mol. The van der Waals surface area contributed by atoms with Crippen molar-refractivity contribution >= 4 is 44.0 Å². The Labute approximate surface area is 180 Å². The Kier molecular flexibility index (Phi) is 5.90. The Bertz CT molecular complexity index is 1050. The van der Waals surface area contributed by atoms with Gasteiger partial charge in [-0.05, 0) is 49.4 Å². The second-order valence-electron chi connectivity index (χ2n) is 7.59. The highest BCUT2D eigenvalue weighted by molar-refractivity contribution is 7.89. The number of piperidine rings is 1. The van der Waals surface area contributed by atoms with Crippen molar-refractivity contribution in [3.8, 4) is 0 Å². The fourth-order valence-corrected chi connectivity index (χ4v) is 6.18. The predicted octanol–water partition coefficient (Wildman–Crippen LogP) is 2.48. The molecule has 2 aliphatic rings. The zero-order chi connectivity index (χ0) is 21.3. The van der Waals surface area contributed by atoms with Gasteiger partial charge >= 0.3 is 0 Å². The number of carbonyl (C=O) groups is 2. The highest BCUT2D eigenvalue weighted by Gasteiger charge is 2.34. The van der Waals surface area contributed by atoms with Crippen molar-refractivity contribution in [2.24, 2.45) is 5.92 Å². The number of nitrogens with zero attached hydrogens (tertiary/aromatic N) is 3. The first-order valence-electron chi connectivity index (χ1n) is 9.98. The third-order valence-electron chi connectivity index (χ3n) is 5.60. The lowest BCUT2D eigenvalue weighted by Crippen LogP contribution is -2.43. The summed E-state index contributed by atoms with van der Waals surface area (Å²) in [6.45, 7) is 2.71. The van der Waals surface area contributed by atoms with Crippen LogP contribution in [0.3, 0.4) is 0 Å². The minimum atomic E-state index is -3.72. The maximum atomic E-state index is 13.3. The summed E-state index contributed by atoms with van der Waals surface area (Å²) in [6.07, 6.45) is 4.42. The van der Waals surface area contributed by atoms with Gasteiger partial charge in [-0.25, -0.2) is 13.4 Å². The molecule has 1 N–H and O–H groups in total. The Morgan fingerprint density at radius 2 is 2.07 bits per heavy atom. The summed E-state index contributed by atoms with van der Waals surface area (Å²) < 4.78 is 28.0. The van der Waals surface area contributed by atoms with Gasteiger partial charge in [0.25, 0.3) is 0 Å². The van der Waals surface area contributed by atoms with E-state index in [2.05, 4.69) is 10.3 Å². The summed E-state index contributed by atoms with van der Waals surface area (Å²) in [6, 6.07) is 4.97. The second-order valence-corrected chi connectivity index (χ2v) is 10.4. The predicted molar refractivity (Wildman–Crippen MR) is 115 cm³/mol. The van der Waals surface area contributed by atoms with Crippen molar-refractivity contribution in [1.29, 1.82) is 0 Å². The topological polar surface area (TPSA) is 99.7 Å². The molecule has 1 atom stereocenters. The molecule has 30 heavy (non-hydrogen) atoms. The van der Waals surface area contributed by atoms with Crippen LogP contribution in [-0.4, -0.2) is 49.2 Å². The van der Waals surface area contributed by atoms with Gasteiger partial charge in [-0.2, -0.15) is 4.31 Å². The van der Waals surface area contributed by atoms with Crippen LogP contribution in [-0.2, 0) is 26.0 Å². The summed E-state index contributed by atoms with van der Waals surface area (Å²) in [4.78, 5) is 30.4. The number of nitrogens with one attached hydrogen (secondary N) is 1. The van der Waals surface area contributed by atoms with E-state index < -0.39 is 15.9 Å². The Morgan fingerprint density at radius 1 is 1.23 bits per heavy atom. The van der Waals surface area contributed by atoms with Gasteiger partial charge in [0.15, 0.2) is 5.13 Å². The van der Waals surface area contributed by atoms with Crippen LogP contribution < -0.4 is 10.2 Å². The Morgan fingerprint density at radius 3 is 2.80 bits per heavy atom. The van der Waals surface area contributed by atoms with Crippen LogP contribution in [0.5, 0.6) is 0 Å². The molecule has 10 heteroatoms. The summed E-state index contributed by atoms with van der Waals surface area (Å²) in [5.74, 6) is -0.660. The Balaban J connectivity index is 1.53. The quantitative estimate of drug-likeness (QED) is 0.775. The third-order valence-corrected chi connectivity index (χ3v) is 8.15. The van der Waals surface area contributed by atoms with Crippen LogP contribution in [0.25, 0.3) is 0 Å². The highest BCUT2D eigenvalue weighted by Crippen LogP contribution is 2.32. The molecule has 1 saturated heterocycles. The van der Waals surface area contributed by atoms with E-state index in [0.29, 0.717) is 31.1 Å². The van der Waals surface area contributed by atoms with Gasteiger partial charge in [-0.15, -0.1) is 11.3 Å². The number of rotatable bonds is 4. The lowest BCUT2D eigenvalue weighted by atomic mass is 9.99. The van der Waals surface area contributed by atoms with Crippen LogP contribution in [0.4, 0.5) is 10.8 Å². The first kappa shape index (κ1) is 21.0. The van der Waals surface area contributed by atoms with Gasteiger partial charge < -0.3 is 10.2 Å². The minimum Gasteiger partial charge on any atom is -0.312 e. The molecule has 0 saturated carbocycles. The average Bonchev–Trinajstić information content (AvgIpc) is 3.26. The fraction of sp³-hybridized carbons (Fsp3) is 0.450. The number of amides is 2. The lowest BCUT2D eigenvalue weighted by molar-refractivity contribution is -0.121.